The van der Waals surface area contributed by atoms with Gasteiger partial charge in [0.15, 0.2) is 0 Å². The fraction of sp³-hybridized carbons (Fsp3) is 0.286. The molecular weight excluding hydrogens is 372 g/mol. The van der Waals surface area contributed by atoms with Crippen molar-refractivity contribution in [1.29, 1.82) is 0 Å². The number of carbonyl (C=O) groups excluding carboxylic acids is 2. The molecule has 1 heterocycles. The van der Waals surface area contributed by atoms with Crippen LogP contribution in [0.25, 0.3) is 0 Å². The van der Waals surface area contributed by atoms with E-state index in [0.717, 1.165) is 24.2 Å². The first-order valence-electron chi connectivity index (χ1n) is 9.44. The highest BCUT2D eigenvalue weighted by atomic mass is 16.5. The van der Waals surface area contributed by atoms with Crippen molar-refractivity contribution in [3.63, 3.8) is 0 Å². The number of fused-ring (bicyclic) bond motifs is 1. The van der Waals surface area contributed by atoms with Gasteiger partial charge in [0.05, 0.1) is 18.7 Å². The molecule has 0 spiro atoms. The largest absolute Gasteiger partial charge is 0.490 e. The number of nitrogens with one attached hydrogen (secondary N) is 2. The average molecular weight is 396 g/mol. The van der Waals surface area contributed by atoms with Crippen LogP contribution >= 0.6 is 0 Å². The van der Waals surface area contributed by atoms with E-state index in [0.29, 0.717) is 23.5 Å². The molecule has 0 aromatic heterocycles. The standard InChI is InChI=1S/C21H24N4O4/c1-2-28-20(26)12-18-9-5-15-11-17(8-10-19(15)29-18)25-21(27)14-3-6-16(7-4-14)23-13-24-22/h3-4,6-8,10-11,13,18H,2,5,9,12,22H2,1H3,(H,23,24)(H,25,27). The molecule has 8 heteroatoms. The molecule has 1 amide bonds. The number of carbonyl (C=O) groups is 2. The summed E-state index contributed by atoms with van der Waals surface area (Å²) in [5.74, 6) is 5.41. The Morgan fingerprint density at radius 2 is 2.07 bits per heavy atom. The van der Waals surface area contributed by atoms with Gasteiger partial charge in [-0.15, -0.1) is 0 Å². The summed E-state index contributed by atoms with van der Waals surface area (Å²) in [6.45, 7) is 2.15. The lowest BCUT2D eigenvalue weighted by atomic mass is 10.00. The van der Waals surface area contributed by atoms with Crippen LogP contribution in [0.15, 0.2) is 47.5 Å². The topological polar surface area (TPSA) is 115 Å². The number of ether oxygens (including phenoxy) is 2. The number of anilines is 1. The number of hydrogen-bond acceptors (Lipinski definition) is 6. The van der Waals surface area contributed by atoms with E-state index in [2.05, 4.69) is 15.7 Å². The van der Waals surface area contributed by atoms with Crippen LogP contribution in [0.3, 0.4) is 0 Å². The molecule has 1 aliphatic rings. The number of hydrazine groups is 1. The molecule has 0 fully saturated rings. The Labute approximate surface area is 169 Å². The summed E-state index contributed by atoms with van der Waals surface area (Å²) in [6.07, 6.45) is 2.92. The van der Waals surface area contributed by atoms with Gasteiger partial charge in [-0.25, -0.2) is 10.8 Å². The number of rotatable bonds is 7. The molecule has 2 aromatic carbocycles. The Kier molecular flexibility index (Phi) is 6.80. The van der Waals surface area contributed by atoms with Crippen molar-refractivity contribution in [2.24, 2.45) is 10.8 Å². The number of nitrogens with zero attached hydrogens (tertiary/aromatic N) is 1. The molecule has 0 saturated carbocycles. The van der Waals surface area contributed by atoms with Crippen molar-refractivity contribution < 1.29 is 19.1 Å². The van der Waals surface area contributed by atoms with Gasteiger partial charge in [0, 0.05) is 11.3 Å². The Bertz CT molecular complexity index is 896. The zero-order valence-corrected chi connectivity index (χ0v) is 16.2. The molecule has 29 heavy (non-hydrogen) atoms. The molecule has 0 aliphatic carbocycles. The van der Waals surface area contributed by atoms with E-state index in [1.807, 2.05) is 12.1 Å². The third kappa shape index (κ3) is 5.55. The summed E-state index contributed by atoms with van der Waals surface area (Å²) in [5.41, 5.74) is 5.22. The zero-order chi connectivity index (χ0) is 20.6. The van der Waals surface area contributed by atoms with Crippen LogP contribution in [-0.4, -0.2) is 30.9 Å². The molecule has 8 nitrogen and oxygen atoms in total. The average Bonchev–Trinajstić information content (AvgIpc) is 2.73. The summed E-state index contributed by atoms with van der Waals surface area (Å²) >= 11 is 0. The van der Waals surface area contributed by atoms with Crippen molar-refractivity contribution in [2.75, 3.05) is 11.9 Å². The van der Waals surface area contributed by atoms with Gasteiger partial charge in [-0.3, -0.25) is 9.59 Å². The first-order chi connectivity index (χ1) is 14.1. The fourth-order valence-corrected chi connectivity index (χ4v) is 3.09. The van der Waals surface area contributed by atoms with Gasteiger partial charge >= 0.3 is 5.97 Å². The van der Waals surface area contributed by atoms with Crippen LogP contribution in [-0.2, 0) is 16.0 Å². The number of benzene rings is 2. The van der Waals surface area contributed by atoms with Gasteiger partial charge in [-0.1, -0.05) is 0 Å². The number of nitrogens with two attached hydrogens (primary N) is 1. The summed E-state index contributed by atoms with van der Waals surface area (Å²) in [4.78, 5) is 28.2. The molecular formula is C21H24N4O4. The van der Waals surface area contributed by atoms with E-state index < -0.39 is 0 Å². The molecule has 0 saturated heterocycles. The molecule has 0 bridgehead atoms. The number of aliphatic imine (C=N–C) groups is 1. The van der Waals surface area contributed by atoms with Crippen molar-refractivity contribution >= 4 is 29.6 Å². The van der Waals surface area contributed by atoms with E-state index in [9.17, 15) is 9.59 Å². The maximum Gasteiger partial charge on any atom is 0.309 e. The van der Waals surface area contributed by atoms with Crippen LogP contribution in [0, 0.1) is 0 Å². The van der Waals surface area contributed by atoms with E-state index in [4.69, 9.17) is 15.3 Å². The highest BCUT2D eigenvalue weighted by Gasteiger charge is 2.23. The van der Waals surface area contributed by atoms with E-state index in [1.165, 1.54) is 6.34 Å². The Morgan fingerprint density at radius 3 is 2.79 bits per heavy atom. The van der Waals surface area contributed by atoms with Crippen LogP contribution in [0.1, 0.15) is 35.7 Å². The zero-order valence-electron chi connectivity index (χ0n) is 16.2. The molecule has 1 atom stereocenters. The molecule has 0 radical (unpaired) electrons. The van der Waals surface area contributed by atoms with Gasteiger partial charge in [0.25, 0.3) is 5.91 Å². The first-order valence-corrected chi connectivity index (χ1v) is 9.44. The summed E-state index contributed by atoms with van der Waals surface area (Å²) in [5, 5.41) is 2.89. The van der Waals surface area contributed by atoms with E-state index in [1.54, 1.807) is 37.3 Å². The third-order valence-electron chi connectivity index (χ3n) is 4.46. The highest BCUT2D eigenvalue weighted by Crippen LogP contribution is 2.31. The second-order valence-corrected chi connectivity index (χ2v) is 6.54. The Morgan fingerprint density at radius 1 is 1.28 bits per heavy atom. The van der Waals surface area contributed by atoms with Gasteiger partial charge in [-0.05, 0) is 67.8 Å². The van der Waals surface area contributed by atoms with Crippen molar-refractivity contribution in [3.8, 4) is 5.75 Å². The molecule has 1 aliphatic heterocycles. The van der Waals surface area contributed by atoms with Crippen LogP contribution in [0.5, 0.6) is 5.75 Å². The van der Waals surface area contributed by atoms with Gasteiger partial charge in [-0.2, -0.15) is 0 Å². The maximum absolute atomic E-state index is 12.5. The monoisotopic (exact) mass is 396 g/mol. The second kappa shape index (κ2) is 9.70. The van der Waals surface area contributed by atoms with Crippen LogP contribution < -0.4 is 21.3 Å². The third-order valence-corrected chi connectivity index (χ3v) is 4.46. The second-order valence-electron chi connectivity index (χ2n) is 6.54. The predicted octanol–water partition coefficient (Wildman–Crippen LogP) is 2.71. The highest BCUT2D eigenvalue weighted by molar-refractivity contribution is 6.04. The minimum atomic E-state index is -0.249. The van der Waals surface area contributed by atoms with Crippen LogP contribution in [0.2, 0.25) is 0 Å². The SMILES string of the molecule is CCOC(=O)CC1CCc2cc(NC(=O)c3ccc(N=CNN)cc3)ccc2O1. The van der Waals surface area contributed by atoms with Gasteiger partial charge < -0.3 is 20.2 Å². The fourth-order valence-electron chi connectivity index (χ4n) is 3.09. The van der Waals surface area contributed by atoms with Crippen LogP contribution in [0.4, 0.5) is 11.4 Å². The normalized spacial score (nSPS) is 15.3. The molecule has 152 valence electrons. The number of esters is 1. The summed E-state index contributed by atoms with van der Waals surface area (Å²) in [6, 6.07) is 12.4. The minimum Gasteiger partial charge on any atom is -0.490 e. The minimum absolute atomic E-state index is 0.183. The maximum atomic E-state index is 12.5. The van der Waals surface area contributed by atoms with Gasteiger partial charge in [0.1, 0.15) is 18.2 Å². The molecule has 2 aromatic rings. The van der Waals surface area contributed by atoms with Crippen molar-refractivity contribution in [3.05, 3.63) is 53.6 Å². The number of aryl methyl sites for hydroxylation is 1. The lowest BCUT2D eigenvalue weighted by Gasteiger charge is -2.26. The summed E-state index contributed by atoms with van der Waals surface area (Å²) < 4.78 is 10.9. The number of hydrogen-bond donors (Lipinski definition) is 3. The van der Waals surface area contributed by atoms with Gasteiger partial charge in [0.2, 0.25) is 0 Å². The van der Waals surface area contributed by atoms with Crippen molar-refractivity contribution in [2.45, 2.75) is 32.3 Å². The number of amides is 1. The Hall–Kier alpha value is -3.39. The lowest BCUT2D eigenvalue weighted by molar-refractivity contribution is -0.145. The van der Waals surface area contributed by atoms with Crippen molar-refractivity contribution in [1.82, 2.24) is 5.43 Å². The van der Waals surface area contributed by atoms with E-state index in [-0.39, 0.29) is 24.4 Å². The lowest BCUT2D eigenvalue weighted by Crippen LogP contribution is -2.26. The first kappa shape index (κ1) is 20.3. The Balaban J connectivity index is 1.61. The summed E-state index contributed by atoms with van der Waals surface area (Å²) in [7, 11) is 0. The van der Waals surface area contributed by atoms with E-state index >= 15 is 0 Å². The predicted molar refractivity (Wildman–Crippen MR) is 110 cm³/mol. The quantitative estimate of drug-likeness (QED) is 0.218. The molecule has 1 unspecified atom stereocenters. The smallest absolute Gasteiger partial charge is 0.309 e. The molecule has 4 N–H and O–H groups in total. The molecule has 3 rings (SSSR count).